The van der Waals surface area contributed by atoms with Crippen LogP contribution in [-0.2, 0) is 12.8 Å². The summed E-state index contributed by atoms with van der Waals surface area (Å²) in [5.41, 5.74) is 9.39. The summed E-state index contributed by atoms with van der Waals surface area (Å²) in [4.78, 5) is 15.0. The quantitative estimate of drug-likeness (QED) is 0.321. The van der Waals surface area contributed by atoms with Crippen LogP contribution in [0.5, 0.6) is 0 Å². The summed E-state index contributed by atoms with van der Waals surface area (Å²) in [7, 11) is 0. The van der Waals surface area contributed by atoms with Crippen molar-refractivity contribution in [2.75, 3.05) is 13.1 Å². The van der Waals surface area contributed by atoms with Crippen LogP contribution in [0.25, 0.3) is 32.7 Å². The topological polar surface area (TPSA) is 47.7 Å². The SMILES string of the molecule is C/C=C1\CN2CCc3c([nH]c4ccccc34)[C@H]2C[C@@H]1Cc1nccc2c1[nH]c1ccccc12. The van der Waals surface area contributed by atoms with Crippen molar-refractivity contribution in [1.82, 2.24) is 19.9 Å². The Morgan fingerprint density at radius 2 is 1.76 bits per heavy atom. The first-order chi connectivity index (χ1) is 16.3. The van der Waals surface area contributed by atoms with Crippen LogP contribution in [0, 0.1) is 5.92 Å². The largest absolute Gasteiger partial charge is 0.357 e. The summed E-state index contributed by atoms with van der Waals surface area (Å²) in [5.74, 6) is 0.498. The second kappa shape index (κ2) is 7.32. The molecule has 4 heteroatoms. The number of nitrogens with one attached hydrogen (secondary N) is 2. The Labute approximate surface area is 193 Å². The molecule has 0 radical (unpaired) electrons. The number of pyridine rings is 1. The molecule has 7 rings (SSSR count). The molecule has 3 aromatic heterocycles. The number of aromatic nitrogens is 3. The lowest BCUT2D eigenvalue weighted by molar-refractivity contribution is 0.138. The first-order valence-electron chi connectivity index (χ1n) is 12.1. The van der Waals surface area contributed by atoms with E-state index < -0.39 is 0 Å². The van der Waals surface area contributed by atoms with Gasteiger partial charge in [0.25, 0.3) is 0 Å². The summed E-state index contributed by atoms with van der Waals surface area (Å²) in [6.07, 6.45) is 7.58. The molecule has 2 aliphatic heterocycles. The Morgan fingerprint density at radius 1 is 0.970 bits per heavy atom. The zero-order valence-electron chi connectivity index (χ0n) is 18.9. The minimum Gasteiger partial charge on any atom is -0.357 e. The van der Waals surface area contributed by atoms with Crippen molar-refractivity contribution in [2.24, 2.45) is 5.92 Å². The Balaban J connectivity index is 1.28. The molecule has 164 valence electrons. The highest BCUT2D eigenvalue weighted by molar-refractivity contribution is 6.07. The van der Waals surface area contributed by atoms with E-state index in [9.17, 15) is 0 Å². The lowest BCUT2D eigenvalue weighted by atomic mass is 9.79. The summed E-state index contributed by atoms with van der Waals surface area (Å²) in [6, 6.07) is 20.0. The molecule has 0 saturated carbocycles. The number of rotatable bonds is 2. The average molecular weight is 433 g/mol. The molecule has 2 aliphatic rings. The van der Waals surface area contributed by atoms with Crippen LogP contribution in [0.4, 0.5) is 0 Å². The van der Waals surface area contributed by atoms with Gasteiger partial charge in [-0.3, -0.25) is 9.88 Å². The van der Waals surface area contributed by atoms with E-state index in [1.165, 1.54) is 49.7 Å². The van der Waals surface area contributed by atoms with Crippen LogP contribution in [0.1, 0.15) is 36.3 Å². The number of para-hydroxylation sites is 2. The van der Waals surface area contributed by atoms with Gasteiger partial charge in [0.2, 0.25) is 0 Å². The van der Waals surface area contributed by atoms with Gasteiger partial charge in [-0.25, -0.2) is 0 Å². The fraction of sp³-hybridized carbons (Fsp3) is 0.276. The van der Waals surface area contributed by atoms with Crippen molar-refractivity contribution >= 4 is 32.7 Å². The van der Waals surface area contributed by atoms with Gasteiger partial charge in [0, 0.05) is 52.2 Å². The van der Waals surface area contributed by atoms with Crippen molar-refractivity contribution in [1.29, 1.82) is 0 Å². The Hall–Kier alpha value is -3.37. The van der Waals surface area contributed by atoms with E-state index in [4.69, 9.17) is 4.98 Å². The zero-order valence-corrected chi connectivity index (χ0v) is 18.9. The highest BCUT2D eigenvalue weighted by atomic mass is 15.2. The molecule has 0 spiro atoms. The van der Waals surface area contributed by atoms with Crippen LogP contribution in [0.2, 0.25) is 0 Å². The lowest BCUT2D eigenvalue weighted by Crippen LogP contribution is -2.43. The number of allylic oxidation sites excluding steroid dienone is 1. The second-order valence-corrected chi connectivity index (χ2v) is 9.65. The number of aromatic amines is 2. The molecule has 0 unspecified atom stereocenters. The van der Waals surface area contributed by atoms with E-state index in [1.807, 2.05) is 6.20 Å². The number of benzene rings is 2. The predicted octanol–water partition coefficient (Wildman–Crippen LogP) is 6.31. The van der Waals surface area contributed by atoms with Crippen molar-refractivity contribution < 1.29 is 0 Å². The third-order valence-corrected chi connectivity index (χ3v) is 8.00. The van der Waals surface area contributed by atoms with E-state index in [1.54, 1.807) is 5.57 Å². The van der Waals surface area contributed by atoms with Crippen LogP contribution >= 0.6 is 0 Å². The molecule has 0 amide bonds. The fourth-order valence-electron chi connectivity index (χ4n) is 6.37. The van der Waals surface area contributed by atoms with Crippen LogP contribution < -0.4 is 0 Å². The molecule has 1 fully saturated rings. The van der Waals surface area contributed by atoms with Crippen molar-refractivity contribution in [3.8, 4) is 0 Å². The van der Waals surface area contributed by atoms with Crippen molar-refractivity contribution in [3.63, 3.8) is 0 Å². The maximum absolute atomic E-state index is 4.87. The zero-order chi connectivity index (χ0) is 21.9. The first-order valence-corrected chi connectivity index (χ1v) is 12.1. The highest BCUT2D eigenvalue weighted by Gasteiger charge is 2.37. The van der Waals surface area contributed by atoms with Crippen LogP contribution in [0.3, 0.4) is 0 Å². The number of nitrogens with zero attached hydrogens (tertiary/aromatic N) is 2. The monoisotopic (exact) mass is 432 g/mol. The third kappa shape index (κ3) is 2.90. The Morgan fingerprint density at radius 3 is 2.61 bits per heavy atom. The molecule has 0 aliphatic carbocycles. The Bertz CT molecular complexity index is 1540. The van der Waals surface area contributed by atoms with Crippen LogP contribution in [0.15, 0.2) is 72.4 Å². The smallest absolute Gasteiger partial charge is 0.0684 e. The van der Waals surface area contributed by atoms with Gasteiger partial charge in [0.15, 0.2) is 0 Å². The van der Waals surface area contributed by atoms with Gasteiger partial charge >= 0.3 is 0 Å². The maximum Gasteiger partial charge on any atom is 0.0684 e. The molecule has 5 heterocycles. The van der Waals surface area contributed by atoms with Gasteiger partial charge in [-0.2, -0.15) is 0 Å². The number of fused-ring (bicyclic) bond motifs is 8. The van der Waals surface area contributed by atoms with E-state index in [-0.39, 0.29) is 0 Å². The second-order valence-electron chi connectivity index (χ2n) is 9.65. The molecule has 33 heavy (non-hydrogen) atoms. The number of hydrogen-bond acceptors (Lipinski definition) is 2. The van der Waals surface area contributed by atoms with Gasteiger partial charge in [-0.1, -0.05) is 48.0 Å². The van der Waals surface area contributed by atoms with Crippen molar-refractivity contribution in [3.05, 3.63) is 89.4 Å². The van der Waals surface area contributed by atoms with Crippen LogP contribution in [-0.4, -0.2) is 32.9 Å². The molecule has 2 N–H and O–H groups in total. The molecular weight excluding hydrogens is 404 g/mol. The number of hydrogen-bond donors (Lipinski definition) is 2. The van der Waals surface area contributed by atoms with E-state index in [0.29, 0.717) is 12.0 Å². The first kappa shape index (κ1) is 19.1. The van der Waals surface area contributed by atoms with Gasteiger partial charge in [0.05, 0.1) is 17.3 Å². The summed E-state index contributed by atoms with van der Waals surface area (Å²) in [5, 5.41) is 3.97. The summed E-state index contributed by atoms with van der Waals surface area (Å²) in [6.45, 7) is 4.40. The maximum atomic E-state index is 4.87. The molecular formula is C29H28N4. The van der Waals surface area contributed by atoms with Gasteiger partial charge in [-0.05, 0) is 55.9 Å². The lowest BCUT2D eigenvalue weighted by Gasteiger charge is -2.43. The molecule has 2 aromatic carbocycles. The standard InChI is InChI=1S/C29H28N4/c1-2-18-17-33-14-12-23-21-8-4-6-10-25(21)32-29(23)27(33)16-19(18)15-26-28-22(11-13-30-26)20-7-3-5-9-24(20)31-28/h2-11,13,19,27,31-32H,12,14-17H2,1H3/b18-2+/t19-,27+/m0/s1. The Kier molecular flexibility index (Phi) is 4.25. The van der Waals surface area contributed by atoms with Gasteiger partial charge in [-0.15, -0.1) is 0 Å². The summed E-state index contributed by atoms with van der Waals surface area (Å²) < 4.78 is 0. The fourth-order valence-corrected chi connectivity index (χ4v) is 6.37. The molecule has 2 atom stereocenters. The minimum absolute atomic E-state index is 0.455. The molecule has 1 saturated heterocycles. The predicted molar refractivity (Wildman–Crippen MR) is 135 cm³/mol. The number of piperidine rings is 1. The molecule has 4 nitrogen and oxygen atoms in total. The normalized spacial score (nSPS) is 22.3. The van der Waals surface area contributed by atoms with Crippen molar-refractivity contribution in [2.45, 2.75) is 32.2 Å². The molecule has 5 aromatic rings. The molecule has 0 bridgehead atoms. The van der Waals surface area contributed by atoms with Gasteiger partial charge in [0.1, 0.15) is 0 Å². The minimum atomic E-state index is 0.455. The average Bonchev–Trinajstić information content (AvgIpc) is 3.43. The van der Waals surface area contributed by atoms with E-state index in [2.05, 4.69) is 82.5 Å². The van der Waals surface area contributed by atoms with E-state index >= 15 is 0 Å². The summed E-state index contributed by atoms with van der Waals surface area (Å²) >= 11 is 0. The van der Waals surface area contributed by atoms with Gasteiger partial charge < -0.3 is 9.97 Å². The number of H-pyrrole nitrogens is 2. The third-order valence-electron chi connectivity index (χ3n) is 8.00. The highest BCUT2D eigenvalue weighted by Crippen LogP contribution is 2.44. The van der Waals surface area contributed by atoms with E-state index in [0.717, 1.165) is 32.4 Å².